The molecule has 5 nitrogen and oxygen atoms in total. The first-order chi connectivity index (χ1) is 12.0. The maximum Gasteiger partial charge on any atom is 0.214 e. The number of nitrogens with one attached hydrogen (secondary N) is 2. The van der Waals surface area contributed by atoms with Crippen LogP contribution in [0.4, 0.5) is 0 Å². The van der Waals surface area contributed by atoms with E-state index in [4.69, 9.17) is 40.2 Å². The number of H-pyrrole nitrogens is 1. The zero-order chi connectivity index (χ0) is 17.8. The van der Waals surface area contributed by atoms with Crippen molar-refractivity contribution in [1.82, 2.24) is 14.9 Å². The number of hydrogen-bond donors (Lipinski definition) is 2. The molecule has 0 spiro atoms. The van der Waals surface area contributed by atoms with Crippen LogP contribution in [-0.2, 0) is 13.2 Å². The van der Waals surface area contributed by atoms with Gasteiger partial charge in [0.05, 0.1) is 6.54 Å². The number of aryl methyl sites for hydroxylation is 1. The van der Waals surface area contributed by atoms with Gasteiger partial charge in [-0.05, 0) is 43.4 Å². The van der Waals surface area contributed by atoms with E-state index in [0.717, 1.165) is 22.7 Å². The van der Waals surface area contributed by atoms with Gasteiger partial charge in [0.1, 0.15) is 18.2 Å². The molecule has 3 rings (SSSR count). The fourth-order valence-electron chi connectivity index (χ4n) is 2.32. The van der Waals surface area contributed by atoms with Crippen LogP contribution in [0.1, 0.15) is 17.0 Å². The van der Waals surface area contributed by atoms with E-state index in [2.05, 4.69) is 15.6 Å². The Morgan fingerprint density at radius 2 is 2.00 bits per heavy atom. The Labute approximate surface area is 160 Å². The lowest BCUT2D eigenvalue weighted by molar-refractivity contribution is 0.303. The summed E-state index contributed by atoms with van der Waals surface area (Å²) in [6.45, 7) is 2.71. The molecule has 130 valence electrons. The monoisotopic (exact) mass is 394 g/mol. The number of benzene rings is 2. The summed E-state index contributed by atoms with van der Waals surface area (Å²) in [5.41, 5.74) is 5.04. The summed E-state index contributed by atoms with van der Waals surface area (Å²) >= 11 is 17.5. The van der Waals surface area contributed by atoms with Crippen molar-refractivity contribution in [2.45, 2.75) is 20.1 Å². The molecule has 0 amide bonds. The lowest BCUT2D eigenvalue weighted by Crippen LogP contribution is -2.16. The van der Waals surface area contributed by atoms with Crippen molar-refractivity contribution in [3.8, 4) is 5.75 Å². The summed E-state index contributed by atoms with van der Waals surface area (Å²) in [6.07, 6.45) is 0. The first-order valence-corrected chi connectivity index (χ1v) is 8.73. The third kappa shape index (κ3) is 4.34. The minimum absolute atomic E-state index is 0.373. The summed E-state index contributed by atoms with van der Waals surface area (Å²) in [5, 5.41) is 8.11. The molecule has 3 aromatic rings. The van der Waals surface area contributed by atoms with E-state index in [1.54, 1.807) is 10.7 Å². The molecule has 0 aliphatic heterocycles. The fraction of sp³-hybridized carbons (Fsp3) is 0.176. The zero-order valence-electron chi connectivity index (χ0n) is 13.4. The summed E-state index contributed by atoms with van der Waals surface area (Å²) in [6, 6.07) is 13.1. The Morgan fingerprint density at radius 1 is 1.20 bits per heavy atom. The summed E-state index contributed by atoms with van der Waals surface area (Å²) in [5.74, 6) is 1.47. The predicted octanol–water partition coefficient (Wildman–Crippen LogP) is 4.88. The van der Waals surface area contributed by atoms with Gasteiger partial charge in [-0.15, -0.1) is 0 Å². The Kier molecular flexibility index (Phi) is 5.63. The minimum atomic E-state index is 0.373. The molecule has 0 saturated heterocycles. The second-order valence-electron chi connectivity index (χ2n) is 5.38. The Balaban J connectivity index is 1.76. The third-order valence-corrected chi connectivity index (χ3v) is 4.51. The van der Waals surface area contributed by atoms with Crippen LogP contribution in [0.3, 0.4) is 0 Å². The van der Waals surface area contributed by atoms with Crippen LogP contribution < -0.4 is 10.2 Å². The maximum absolute atomic E-state index is 6.18. The van der Waals surface area contributed by atoms with E-state index in [9.17, 15) is 0 Å². The molecule has 0 saturated carbocycles. The van der Waals surface area contributed by atoms with Crippen LogP contribution >= 0.6 is 35.4 Å². The molecule has 1 aromatic heterocycles. The number of rotatable bonds is 6. The van der Waals surface area contributed by atoms with Gasteiger partial charge in [-0.25, -0.2) is 4.68 Å². The standard InChI is InChI=1S/C17H16Cl2N4OS/c1-11-21-22-17(25)23(11)20-9-13-8-14(18)6-7-16(13)24-10-12-4-2-3-5-15(12)19/h2-8,20H,9-10H2,1H3,(H,22,25). The second-order valence-corrected chi connectivity index (χ2v) is 6.61. The van der Waals surface area contributed by atoms with E-state index < -0.39 is 0 Å². The molecule has 8 heteroatoms. The van der Waals surface area contributed by atoms with E-state index in [0.29, 0.717) is 28.0 Å². The van der Waals surface area contributed by atoms with Gasteiger partial charge >= 0.3 is 0 Å². The Bertz CT molecular complexity index is 938. The summed E-state index contributed by atoms with van der Waals surface area (Å²) < 4.78 is 8.15. The van der Waals surface area contributed by atoms with Crippen molar-refractivity contribution in [1.29, 1.82) is 0 Å². The van der Waals surface area contributed by atoms with Crippen molar-refractivity contribution < 1.29 is 4.74 Å². The normalized spacial score (nSPS) is 10.7. The molecular formula is C17H16Cl2N4OS. The second kappa shape index (κ2) is 7.91. The first-order valence-electron chi connectivity index (χ1n) is 7.57. The third-order valence-electron chi connectivity index (χ3n) is 3.63. The topological polar surface area (TPSA) is 54.9 Å². The SMILES string of the molecule is Cc1n[nH]c(=S)n1NCc1cc(Cl)ccc1OCc1ccccc1Cl. The van der Waals surface area contributed by atoms with Crippen LogP contribution in [0.5, 0.6) is 5.75 Å². The summed E-state index contributed by atoms with van der Waals surface area (Å²) in [7, 11) is 0. The number of ether oxygens (including phenoxy) is 1. The van der Waals surface area contributed by atoms with Crippen LogP contribution in [0.2, 0.25) is 10.0 Å². The van der Waals surface area contributed by atoms with Gasteiger partial charge in [-0.3, -0.25) is 5.10 Å². The highest BCUT2D eigenvalue weighted by molar-refractivity contribution is 7.71. The minimum Gasteiger partial charge on any atom is -0.488 e. The lowest BCUT2D eigenvalue weighted by atomic mass is 10.2. The van der Waals surface area contributed by atoms with Gasteiger partial charge in [0.2, 0.25) is 4.77 Å². The predicted molar refractivity (Wildman–Crippen MR) is 102 cm³/mol. The molecular weight excluding hydrogens is 379 g/mol. The van der Waals surface area contributed by atoms with E-state index in [1.807, 2.05) is 43.3 Å². The molecule has 0 fully saturated rings. The highest BCUT2D eigenvalue weighted by Crippen LogP contribution is 2.25. The molecule has 0 aliphatic rings. The van der Waals surface area contributed by atoms with Crippen LogP contribution in [0.15, 0.2) is 42.5 Å². The number of nitrogens with zero attached hydrogens (tertiary/aromatic N) is 2. The van der Waals surface area contributed by atoms with Gasteiger partial charge in [-0.1, -0.05) is 41.4 Å². The Hall–Kier alpha value is -2.02. The molecule has 0 bridgehead atoms. The maximum atomic E-state index is 6.18. The molecule has 25 heavy (non-hydrogen) atoms. The van der Waals surface area contributed by atoms with Crippen LogP contribution in [0.25, 0.3) is 0 Å². The van der Waals surface area contributed by atoms with Crippen molar-refractivity contribution in [3.63, 3.8) is 0 Å². The highest BCUT2D eigenvalue weighted by Gasteiger charge is 2.08. The fourth-order valence-corrected chi connectivity index (χ4v) is 2.95. The van der Waals surface area contributed by atoms with Gasteiger partial charge < -0.3 is 10.2 Å². The van der Waals surface area contributed by atoms with Gasteiger partial charge in [0.25, 0.3) is 0 Å². The van der Waals surface area contributed by atoms with E-state index in [-0.39, 0.29) is 0 Å². The van der Waals surface area contributed by atoms with Crippen molar-refractivity contribution in [2.24, 2.45) is 0 Å². The molecule has 0 aliphatic carbocycles. The summed E-state index contributed by atoms with van der Waals surface area (Å²) in [4.78, 5) is 0. The molecule has 0 unspecified atom stereocenters. The molecule has 0 atom stereocenters. The van der Waals surface area contributed by atoms with Crippen LogP contribution in [0, 0.1) is 11.7 Å². The number of hydrogen-bond acceptors (Lipinski definition) is 4. The van der Waals surface area contributed by atoms with Crippen molar-refractivity contribution in [3.05, 3.63) is 74.2 Å². The van der Waals surface area contributed by atoms with E-state index in [1.165, 1.54) is 0 Å². The molecule has 2 aromatic carbocycles. The average Bonchev–Trinajstić information content (AvgIpc) is 2.91. The van der Waals surface area contributed by atoms with Gasteiger partial charge in [0.15, 0.2) is 0 Å². The smallest absolute Gasteiger partial charge is 0.214 e. The zero-order valence-corrected chi connectivity index (χ0v) is 15.8. The number of aromatic nitrogens is 3. The number of aromatic amines is 1. The average molecular weight is 395 g/mol. The largest absolute Gasteiger partial charge is 0.488 e. The molecule has 2 N–H and O–H groups in total. The van der Waals surface area contributed by atoms with Crippen LogP contribution in [-0.4, -0.2) is 14.9 Å². The number of halogens is 2. The van der Waals surface area contributed by atoms with E-state index >= 15 is 0 Å². The molecule has 1 heterocycles. The van der Waals surface area contributed by atoms with Gasteiger partial charge in [0, 0.05) is 21.2 Å². The highest BCUT2D eigenvalue weighted by atomic mass is 35.5. The van der Waals surface area contributed by atoms with Crippen molar-refractivity contribution in [2.75, 3.05) is 5.43 Å². The van der Waals surface area contributed by atoms with Crippen molar-refractivity contribution >= 4 is 35.4 Å². The lowest BCUT2D eigenvalue weighted by Gasteiger charge is -2.14. The molecule has 0 radical (unpaired) electrons. The Morgan fingerprint density at radius 3 is 2.72 bits per heavy atom. The first kappa shape index (κ1) is 17.8. The van der Waals surface area contributed by atoms with Gasteiger partial charge in [-0.2, -0.15) is 5.10 Å². The quantitative estimate of drug-likeness (QED) is 0.585.